The fourth-order valence-corrected chi connectivity index (χ4v) is 2.70. The van der Waals surface area contributed by atoms with Crippen LogP contribution in [0.25, 0.3) is 0 Å². The van der Waals surface area contributed by atoms with E-state index >= 15 is 0 Å². The van der Waals surface area contributed by atoms with E-state index in [9.17, 15) is 9.18 Å². The molecule has 0 aliphatic carbocycles. The van der Waals surface area contributed by atoms with Crippen molar-refractivity contribution in [3.63, 3.8) is 0 Å². The monoisotopic (exact) mass is 315 g/mol. The normalized spacial score (nSPS) is 18.9. The van der Waals surface area contributed by atoms with E-state index in [1.807, 2.05) is 0 Å². The second-order valence-electron chi connectivity index (χ2n) is 5.38. The van der Waals surface area contributed by atoms with Crippen molar-refractivity contribution in [2.45, 2.75) is 19.3 Å². The summed E-state index contributed by atoms with van der Waals surface area (Å²) in [4.78, 5) is 14.1. The number of hydrogen-bond acceptors (Lipinski definition) is 3. The Balaban J connectivity index is 0.00000220. The average Bonchev–Trinajstić information content (AvgIpc) is 2.42. The van der Waals surface area contributed by atoms with Gasteiger partial charge in [0.2, 0.25) is 5.91 Å². The summed E-state index contributed by atoms with van der Waals surface area (Å²) in [5.41, 5.74) is 6.22. The van der Waals surface area contributed by atoms with E-state index in [0.717, 1.165) is 25.9 Å². The van der Waals surface area contributed by atoms with E-state index in [1.54, 1.807) is 12.1 Å². The van der Waals surface area contributed by atoms with Crippen molar-refractivity contribution in [2.24, 2.45) is 11.7 Å². The molecule has 21 heavy (non-hydrogen) atoms. The zero-order valence-corrected chi connectivity index (χ0v) is 12.9. The first-order chi connectivity index (χ1) is 9.67. The number of nitrogens with one attached hydrogen (secondary N) is 1. The van der Waals surface area contributed by atoms with Gasteiger partial charge in [-0.3, -0.25) is 9.69 Å². The van der Waals surface area contributed by atoms with Crippen LogP contribution in [0, 0.1) is 11.7 Å². The average molecular weight is 316 g/mol. The predicted molar refractivity (Wildman–Crippen MR) is 85.1 cm³/mol. The van der Waals surface area contributed by atoms with Crippen LogP contribution in [-0.2, 0) is 4.79 Å². The molecule has 1 aliphatic rings. The number of piperidine rings is 1. The molecule has 1 unspecified atom stereocenters. The first-order valence-corrected chi connectivity index (χ1v) is 7.15. The molecule has 1 fully saturated rings. The van der Waals surface area contributed by atoms with Crippen molar-refractivity contribution in [3.05, 3.63) is 30.1 Å². The van der Waals surface area contributed by atoms with Crippen molar-refractivity contribution in [1.29, 1.82) is 0 Å². The van der Waals surface area contributed by atoms with Crippen LogP contribution in [0.5, 0.6) is 0 Å². The van der Waals surface area contributed by atoms with Gasteiger partial charge in [-0.05, 0) is 62.5 Å². The quantitative estimate of drug-likeness (QED) is 0.876. The molecule has 0 spiro atoms. The topological polar surface area (TPSA) is 58.4 Å². The minimum absolute atomic E-state index is 0. The molecule has 0 saturated carbocycles. The second-order valence-corrected chi connectivity index (χ2v) is 5.38. The highest BCUT2D eigenvalue weighted by Crippen LogP contribution is 2.18. The van der Waals surface area contributed by atoms with Crippen LogP contribution < -0.4 is 11.1 Å². The van der Waals surface area contributed by atoms with Crippen molar-refractivity contribution in [2.75, 3.05) is 31.5 Å². The lowest BCUT2D eigenvalue weighted by molar-refractivity contribution is -0.117. The number of nitrogens with zero attached hydrogens (tertiary/aromatic N) is 1. The Kier molecular flexibility index (Phi) is 7.64. The van der Waals surface area contributed by atoms with Crippen molar-refractivity contribution in [1.82, 2.24) is 4.90 Å². The van der Waals surface area contributed by atoms with Gasteiger partial charge >= 0.3 is 0 Å². The molecule has 0 bridgehead atoms. The Labute approximate surface area is 131 Å². The number of anilines is 1. The summed E-state index contributed by atoms with van der Waals surface area (Å²) < 4.78 is 12.8. The van der Waals surface area contributed by atoms with Crippen molar-refractivity contribution >= 4 is 24.0 Å². The molecule has 1 aliphatic heterocycles. The first-order valence-electron chi connectivity index (χ1n) is 7.15. The zero-order valence-electron chi connectivity index (χ0n) is 12.1. The van der Waals surface area contributed by atoms with Gasteiger partial charge in [0, 0.05) is 12.2 Å². The molecule has 118 valence electrons. The third-order valence-electron chi connectivity index (χ3n) is 3.67. The molecule has 0 radical (unpaired) electrons. The number of carbonyl (C=O) groups is 1. The third-order valence-corrected chi connectivity index (χ3v) is 3.67. The maximum Gasteiger partial charge on any atom is 0.238 e. The molecule has 1 aromatic carbocycles. The lowest BCUT2D eigenvalue weighted by Gasteiger charge is -2.32. The number of hydrogen-bond donors (Lipinski definition) is 2. The number of amides is 1. The van der Waals surface area contributed by atoms with E-state index < -0.39 is 0 Å². The Hall–Kier alpha value is -1.17. The van der Waals surface area contributed by atoms with Crippen LogP contribution in [0.15, 0.2) is 24.3 Å². The van der Waals surface area contributed by atoms with Gasteiger partial charge in [0.15, 0.2) is 0 Å². The molecule has 4 nitrogen and oxygen atoms in total. The second kappa shape index (κ2) is 8.97. The van der Waals surface area contributed by atoms with Gasteiger partial charge in [-0.15, -0.1) is 12.4 Å². The summed E-state index contributed by atoms with van der Waals surface area (Å²) >= 11 is 0. The summed E-state index contributed by atoms with van der Waals surface area (Å²) in [6, 6.07) is 5.82. The Bertz CT molecular complexity index is 439. The maximum absolute atomic E-state index is 12.8. The number of carbonyl (C=O) groups excluding carboxylic acids is 1. The van der Waals surface area contributed by atoms with E-state index in [-0.39, 0.29) is 24.1 Å². The highest BCUT2D eigenvalue weighted by Gasteiger charge is 2.20. The number of rotatable bonds is 5. The van der Waals surface area contributed by atoms with Gasteiger partial charge in [-0.2, -0.15) is 0 Å². The van der Waals surface area contributed by atoms with E-state index in [4.69, 9.17) is 5.73 Å². The largest absolute Gasteiger partial charge is 0.330 e. The molecule has 1 aromatic rings. The first kappa shape index (κ1) is 17.9. The molecule has 2 rings (SSSR count). The number of nitrogens with two attached hydrogens (primary N) is 1. The van der Waals surface area contributed by atoms with Gasteiger partial charge < -0.3 is 11.1 Å². The molecule has 0 aromatic heterocycles. The number of likely N-dealkylation sites (tertiary alicyclic amines) is 1. The Morgan fingerprint density at radius 2 is 2.10 bits per heavy atom. The molecule has 1 atom stereocenters. The summed E-state index contributed by atoms with van der Waals surface area (Å²) in [6.45, 7) is 2.99. The highest BCUT2D eigenvalue weighted by atomic mass is 35.5. The molecule has 1 amide bonds. The van der Waals surface area contributed by atoms with Crippen LogP contribution in [0.2, 0.25) is 0 Å². The fraction of sp³-hybridized carbons (Fsp3) is 0.533. The van der Waals surface area contributed by atoms with E-state index in [0.29, 0.717) is 24.7 Å². The van der Waals surface area contributed by atoms with Gasteiger partial charge in [-0.1, -0.05) is 0 Å². The Morgan fingerprint density at radius 1 is 1.38 bits per heavy atom. The summed E-state index contributed by atoms with van der Waals surface area (Å²) in [5.74, 6) is 0.251. The van der Waals surface area contributed by atoms with Crippen LogP contribution in [-0.4, -0.2) is 37.0 Å². The zero-order chi connectivity index (χ0) is 14.4. The molecule has 6 heteroatoms. The summed E-state index contributed by atoms with van der Waals surface area (Å²) in [7, 11) is 0. The lowest BCUT2D eigenvalue weighted by Crippen LogP contribution is -2.40. The number of halogens is 2. The fourth-order valence-electron chi connectivity index (χ4n) is 2.70. The molecule has 1 heterocycles. The van der Waals surface area contributed by atoms with Gasteiger partial charge in [0.1, 0.15) is 5.82 Å². The smallest absolute Gasteiger partial charge is 0.238 e. The highest BCUT2D eigenvalue weighted by molar-refractivity contribution is 5.92. The SMILES string of the molecule is Cl.NCCC1CCCN(CC(=O)Nc2ccc(F)cc2)C1. The van der Waals surface area contributed by atoms with E-state index in [2.05, 4.69) is 10.2 Å². The van der Waals surface area contributed by atoms with Gasteiger partial charge in [-0.25, -0.2) is 4.39 Å². The van der Waals surface area contributed by atoms with Crippen LogP contribution in [0.3, 0.4) is 0 Å². The minimum Gasteiger partial charge on any atom is -0.330 e. The lowest BCUT2D eigenvalue weighted by atomic mass is 9.95. The standard InChI is InChI=1S/C15H22FN3O.ClH/c16-13-3-5-14(6-4-13)18-15(20)11-19-9-1-2-12(10-19)7-8-17;/h3-6,12H,1-2,7-11,17H2,(H,18,20);1H. The predicted octanol–water partition coefficient (Wildman–Crippen LogP) is 2.25. The molecule has 1 saturated heterocycles. The van der Waals surface area contributed by atoms with Crippen LogP contribution >= 0.6 is 12.4 Å². The van der Waals surface area contributed by atoms with Crippen molar-refractivity contribution in [3.8, 4) is 0 Å². The number of benzene rings is 1. The molecular weight excluding hydrogens is 293 g/mol. The summed E-state index contributed by atoms with van der Waals surface area (Å²) in [5, 5.41) is 2.79. The van der Waals surface area contributed by atoms with E-state index in [1.165, 1.54) is 18.6 Å². The van der Waals surface area contributed by atoms with Crippen molar-refractivity contribution < 1.29 is 9.18 Å². The van der Waals surface area contributed by atoms with Crippen LogP contribution in [0.1, 0.15) is 19.3 Å². The molecular formula is C15H23ClFN3O. The van der Waals surface area contributed by atoms with Gasteiger partial charge in [0.05, 0.1) is 6.54 Å². The summed E-state index contributed by atoms with van der Waals surface area (Å²) in [6.07, 6.45) is 3.35. The maximum atomic E-state index is 12.8. The third kappa shape index (κ3) is 5.99. The van der Waals surface area contributed by atoms with Crippen LogP contribution in [0.4, 0.5) is 10.1 Å². The Morgan fingerprint density at radius 3 is 2.76 bits per heavy atom. The minimum atomic E-state index is -0.302. The van der Waals surface area contributed by atoms with Gasteiger partial charge in [0.25, 0.3) is 0 Å². The molecule has 3 N–H and O–H groups in total.